The lowest BCUT2D eigenvalue weighted by Crippen LogP contribution is -2.27. The van der Waals surface area contributed by atoms with Crippen LogP contribution in [0.2, 0.25) is 0 Å². The van der Waals surface area contributed by atoms with E-state index in [1.54, 1.807) is 24.3 Å². The molecule has 0 atom stereocenters. The van der Waals surface area contributed by atoms with Gasteiger partial charge in [0.05, 0.1) is 0 Å². The van der Waals surface area contributed by atoms with Gasteiger partial charge in [-0.15, -0.1) is 0 Å². The van der Waals surface area contributed by atoms with Crippen LogP contribution in [0.3, 0.4) is 0 Å². The van der Waals surface area contributed by atoms with Gasteiger partial charge >= 0.3 is 0 Å². The Morgan fingerprint density at radius 2 is 1.61 bits per heavy atom. The first kappa shape index (κ1) is 16.7. The van der Waals surface area contributed by atoms with Gasteiger partial charge < -0.3 is 10.6 Å². The largest absolute Gasteiger partial charge is 0.326 e. The molecule has 0 fully saturated rings. The Balaban J connectivity index is 2.15. The summed E-state index contributed by atoms with van der Waals surface area (Å²) in [7, 11) is 0. The molecule has 2 N–H and O–H groups in total. The van der Waals surface area contributed by atoms with E-state index in [1.807, 2.05) is 52.0 Å². The molecule has 2 rings (SSSR count). The first-order chi connectivity index (χ1) is 10.8. The highest BCUT2D eigenvalue weighted by atomic mass is 16.2. The Morgan fingerprint density at radius 1 is 0.913 bits per heavy atom. The third-order valence-electron chi connectivity index (χ3n) is 3.46. The van der Waals surface area contributed by atoms with Crippen LogP contribution >= 0.6 is 0 Å². The van der Waals surface area contributed by atoms with E-state index in [-0.39, 0.29) is 11.8 Å². The fraction of sp³-hybridized carbons (Fsp3) is 0.263. The molecule has 0 aromatic heterocycles. The van der Waals surface area contributed by atoms with E-state index in [4.69, 9.17) is 0 Å². The van der Waals surface area contributed by atoms with Gasteiger partial charge in [0.15, 0.2) is 0 Å². The van der Waals surface area contributed by atoms with E-state index in [2.05, 4.69) is 10.6 Å². The van der Waals surface area contributed by atoms with Gasteiger partial charge in [-0.1, -0.05) is 45.0 Å². The Bertz CT molecular complexity index is 730. The van der Waals surface area contributed by atoms with Crippen molar-refractivity contribution < 1.29 is 9.59 Å². The van der Waals surface area contributed by atoms with Crippen LogP contribution in [0.15, 0.2) is 48.5 Å². The number of anilines is 2. The smallest absolute Gasteiger partial charge is 0.255 e. The van der Waals surface area contributed by atoms with Crippen LogP contribution in [0.4, 0.5) is 11.4 Å². The van der Waals surface area contributed by atoms with Crippen molar-refractivity contribution in [3.05, 3.63) is 59.7 Å². The van der Waals surface area contributed by atoms with Gasteiger partial charge in [-0.3, -0.25) is 9.59 Å². The SMILES string of the molecule is Cc1ccccc1NC(=O)c1cccc(NC(=O)C(C)(C)C)c1. The van der Waals surface area contributed by atoms with E-state index in [9.17, 15) is 9.59 Å². The highest BCUT2D eigenvalue weighted by Crippen LogP contribution is 2.19. The van der Waals surface area contributed by atoms with Crippen molar-refractivity contribution in [1.29, 1.82) is 0 Å². The lowest BCUT2D eigenvalue weighted by molar-refractivity contribution is -0.123. The summed E-state index contributed by atoms with van der Waals surface area (Å²) < 4.78 is 0. The first-order valence-electron chi connectivity index (χ1n) is 7.56. The lowest BCUT2D eigenvalue weighted by atomic mass is 9.95. The number of benzene rings is 2. The van der Waals surface area contributed by atoms with Crippen LogP contribution in [0.5, 0.6) is 0 Å². The first-order valence-corrected chi connectivity index (χ1v) is 7.56. The molecule has 0 saturated heterocycles. The lowest BCUT2D eigenvalue weighted by Gasteiger charge is -2.18. The minimum absolute atomic E-state index is 0.0889. The quantitative estimate of drug-likeness (QED) is 0.891. The zero-order chi connectivity index (χ0) is 17.0. The molecule has 0 unspecified atom stereocenters. The normalized spacial score (nSPS) is 11.0. The zero-order valence-corrected chi connectivity index (χ0v) is 13.9. The van der Waals surface area contributed by atoms with Gasteiger partial charge in [0, 0.05) is 22.4 Å². The number of hydrogen-bond acceptors (Lipinski definition) is 2. The minimum Gasteiger partial charge on any atom is -0.326 e. The van der Waals surface area contributed by atoms with Crippen molar-refractivity contribution >= 4 is 23.2 Å². The summed E-state index contributed by atoms with van der Waals surface area (Å²) in [6, 6.07) is 14.5. The minimum atomic E-state index is -0.487. The predicted molar refractivity (Wildman–Crippen MR) is 93.7 cm³/mol. The fourth-order valence-corrected chi connectivity index (χ4v) is 1.96. The molecule has 0 bridgehead atoms. The van der Waals surface area contributed by atoms with Crippen LogP contribution in [0.25, 0.3) is 0 Å². The molecule has 2 amide bonds. The monoisotopic (exact) mass is 310 g/mol. The maximum Gasteiger partial charge on any atom is 0.255 e. The third kappa shape index (κ3) is 4.42. The van der Waals surface area contributed by atoms with Crippen molar-refractivity contribution in [3.63, 3.8) is 0 Å². The van der Waals surface area contributed by atoms with Crippen LogP contribution in [-0.4, -0.2) is 11.8 Å². The second kappa shape index (κ2) is 6.65. The number of nitrogens with one attached hydrogen (secondary N) is 2. The maximum absolute atomic E-state index is 12.4. The van der Waals surface area contributed by atoms with E-state index < -0.39 is 5.41 Å². The number of para-hydroxylation sites is 1. The molecule has 0 aliphatic carbocycles. The van der Waals surface area contributed by atoms with Gasteiger partial charge in [0.1, 0.15) is 0 Å². The molecular weight excluding hydrogens is 288 g/mol. The van der Waals surface area contributed by atoms with Gasteiger partial charge in [0.25, 0.3) is 5.91 Å². The van der Waals surface area contributed by atoms with Crippen molar-refractivity contribution in [1.82, 2.24) is 0 Å². The highest BCUT2D eigenvalue weighted by Gasteiger charge is 2.21. The molecule has 0 aliphatic heterocycles. The second-order valence-corrected chi connectivity index (χ2v) is 6.55. The molecule has 0 saturated carbocycles. The number of carbonyl (C=O) groups is 2. The summed E-state index contributed by atoms with van der Waals surface area (Å²) in [5.74, 6) is -0.292. The average Bonchev–Trinajstić information content (AvgIpc) is 2.49. The van der Waals surface area contributed by atoms with E-state index in [0.29, 0.717) is 11.3 Å². The van der Waals surface area contributed by atoms with E-state index in [0.717, 1.165) is 11.3 Å². The Hall–Kier alpha value is -2.62. The molecule has 0 spiro atoms. The van der Waals surface area contributed by atoms with Gasteiger partial charge in [-0.05, 0) is 36.8 Å². The number of aryl methyl sites for hydroxylation is 1. The fourth-order valence-electron chi connectivity index (χ4n) is 1.96. The molecule has 120 valence electrons. The Kier molecular flexibility index (Phi) is 4.84. The van der Waals surface area contributed by atoms with Crippen molar-refractivity contribution in [3.8, 4) is 0 Å². The Labute approximate surface area is 136 Å². The molecule has 0 heterocycles. The molecule has 2 aromatic rings. The number of amides is 2. The zero-order valence-electron chi connectivity index (χ0n) is 13.9. The van der Waals surface area contributed by atoms with E-state index in [1.165, 1.54) is 0 Å². The number of carbonyl (C=O) groups excluding carboxylic acids is 2. The standard InChI is InChI=1S/C19H22N2O2/c1-13-8-5-6-11-16(13)21-17(22)14-9-7-10-15(12-14)20-18(23)19(2,3)4/h5-12H,1-4H3,(H,20,23)(H,21,22). The topological polar surface area (TPSA) is 58.2 Å². The highest BCUT2D eigenvalue weighted by molar-refractivity contribution is 6.05. The van der Waals surface area contributed by atoms with Gasteiger partial charge in [-0.2, -0.15) is 0 Å². The Morgan fingerprint density at radius 3 is 2.26 bits per heavy atom. The number of rotatable bonds is 3. The summed E-state index contributed by atoms with van der Waals surface area (Å²) >= 11 is 0. The van der Waals surface area contributed by atoms with Crippen molar-refractivity contribution in [2.75, 3.05) is 10.6 Å². The van der Waals surface area contributed by atoms with Gasteiger partial charge in [-0.25, -0.2) is 0 Å². The summed E-state index contributed by atoms with van der Waals surface area (Å²) in [5, 5.41) is 5.72. The molecule has 2 aromatic carbocycles. The van der Waals surface area contributed by atoms with Gasteiger partial charge in [0.2, 0.25) is 5.91 Å². The van der Waals surface area contributed by atoms with Crippen LogP contribution < -0.4 is 10.6 Å². The second-order valence-electron chi connectivity index (χ2n) is 6.55. The number of hydrogen-bond donors (Lipinski definition) is 2. The summed E-state index contributed by atoms with van der Waals surface area (Å²) in [6.45, 7) is 7.47. The molecule has 0 aliphatic rings. The van der Waals surface area contributed by atoms with Crippen molar-refractivity contribution in [2.45, 2.75) is 27.7 Å². The average molecular weight is 310 g/mol. The molecule has 4 heteroatoms. The summed E-state index contributed by atoms with van der Waals surface area (Å²) in [5.41, 5.74) is 2.40. The molecule has 4 nitrogen and oxygen atoms in total. The van der Waals surface area contributed by atoms with Crippen LogP contribution in [-0.2, 0) is 4.79 Å². The van der Waals surface area contributed by atoms with E-state index >= 15 is 0 Å². The molecule has 23 heavy (non-hydrogen) atoms. The van der Waals surface area contributed by atoms with Crippen LogP contribution in [0.1, 0.15) is 36.7 Å². The molecule has 0 radical (unpaired) electrons. The predicted octanol–water partition coefficient (Wildman–Crippen LogP) is 4.23. The molecular formula is C19H22N2O2. The summed E-state index contributed by atoms with van der Waals surface area (Å²) in [4.78, 5) is 24.4. The summed E-state index contributed by atoms with van der Waals surface area (Å²) in [6.07, 6.45) is 0. The van der Waals surface area contributed by atoms with Crippen molar-refractivity contribution in [2.24, 2.45) is 5.41 Å². The third-order valence-corrected chi connectivity index (χ3v) is 3.46. The maximum atomic E-state index is 12.4. The van der Waals surface area contributed by atoms with Crippen LogP contribution in [0, 0.1) is 12.3 Å².